The highest BCUT2D eigenvalue weighted by Gasteiger charge is 2.19. The van der Waals surface area contributed by atoms with Crippen molar-refractivity contribution in [3.05, 3.63) is 34.2 Å². The predicted octanol–water partition coefficient (Wildman–Crippen LogP) is 4.28. The fourth-order valence-corrected chi connectivity index (χ4v) is 2.60. The summed E-state index contributed by atoms with van der Waals surface area (Å²) in [7, 11) is 1.32. The second kappa shape index (κ2) is 4.75. The van der Waals surface area contributed by atoms with Crippen molar-refractivity contribution in [1.29, 1.82) is 0 Å². The van der Waals surface area contributed by atoms with Crippen molar-refractivity contribution in [2.24, 2.45) is 0 Å². The molecule has 8 heteroatoms. The summed E-state index contributed by atoms with van der Waals surface area (Å²) in [6.07, 6.45) is 0.163. The van der Waals surface area contributed by atoms with E-state index in [4.69, 9.17) is 28.3 Å². The predicted molar refractivity (Wildman–Crippen MR) is 80.0 cm³/mol. The molecule has 2 heterocycles. The van der Waals surface area contributed by atoms with Gasteiger partial charge in [-0.3, -0.25) is 4.90 Å². The van der Waals surface area contributed by atoms with Gasteiger partial charge in [-0.15, -0.1) is 0 Å². The SMILES string of the molecule is CN(C(=O)O)c1cc(F)cc2c1[nH]c1ncc(Cl)c(Cl)c12. The number of H-pyrrole nitrogens is 1. The number of halogens is 3. The van der Waals surface area contributed by atoms with Crippen molar-refractivity contribution in [2.45, 2.75) is 0 Å². The van der Waals surface area contributed by atoms with E-state index in [9.17, 15) is 9.18 Å². The molecule has 1 aromatic carbocycles. The molecule has 108 valence electrons. The zero-order chi connectivity index (χ0) is 15.3. The molecule has 0 aliphatic carbocycles. The van der Waals surface area contributed by atoms with Gasteiger partial charge in [0.2, 0.25) is 0 Å². The molecule has 0 fully saturated rings. The highest BCUT2D eigenvalue weighted by Crippen LogP contribution is 2.38. The third-order valence-electron chi connectivity index (χ3n) is 3.22. The summed E-state index contributed by atoms with van der Waals surface area (Å²) in [5.74, 6) is -0.581. The van der Waals surface area contributed by atoms with Crippen LogP contribution in [-0.2, 0) is 0 Å². The molecule has 0 saturated carbocycles. The number of carbonyl (C=O) groups is 1. The van der Waals surface area contributed by atoms with Crippen molar-refractivity contribution in [1.82, 2.24) is 9.97 Å². The van der Waals surface area contributed by atoms with E-state index in [-0.39, 0.29) is 15.7 Å². The van der Waals surface area contributed by atoms with E-state index in [0.29, 0.717) is 21.9 Å². The van der Waals surface area contributed by atoms with Gasteiger partial charge >= 0.3 is 6.09 Å². The first-order valence-electron chi connectivity index (χ1n) is 5.81. The van der Waals surface area contributed by atoms with E-state index in [1.165, 1.54) is 19.3 Å². The summed E-state index contributed by atoms with van der Waals surface area (Å²) in [5.41, 5.74) is 1.00. The number of nitrogens with zero attached hydrogens (tertiary/aromatic N) is 2. The van der Waals surface area contributed by atoms with Gasteiger partial charge in [-0.25, -0.2) is 14.2 Å². The van der Waals surface area contributed by atoms with Gasteiger partial charge in [0.15, 0.2) is 0 Å². The third-order valence-corrected chi connectivity index (χ3v) is 3.99. The standard InChI is InChI=1S/C13H8Cl2FN3O2/c1-19(13(20)21)8-3-5(16)2-6-9-10(15)7(14)4-17-12(9)18-11(6)8/h2-4H,1H3,(H,17,18)(H,20,21). The molecule has 0 aliphatic heterocycles. The van der Waals surface area contributed by atoms with Gasteiger partial charge < -0.3 is 10.1 Å². The first kappa shape index (κ1) is 13.9. The maximum Gasteiger partial charge on any atom is 0.411 e. The number of anilines is 1. The van der Waals surface area contributed by atoms with Crippen molar-refractivity contribution >= 4 is 56.9 Å². The van der Waals surface area contributed by atoms with Crippen LogP contribution < -0.4 is 4.90 Å². The zero-order valence-electron chi connectivity index (χ0n) is 10.6. The van der Waals surface area contributed by atoms with Gasteiger partial charge in [-0.05, 0) is 12.1 Å². The van der Waals surface area contributed by atoms with Gasteiger partial charge in [-0.1, -0.05) is 23.2 Å². The lowest BCUT2D eigenvalue weighted by atomic mass is 10.1. The molecule has 3 aromatic rings. The van der Waals surface area contributed by atoms with Crippen LogP contribution in [0.25, 0.3) is 21.9 Å². The number of hydrogen-bond donors (Lipinski definition) is 2. The summed E-state index contributed by atoms with van der Waals surface area (Å²) >= 11 is 12.1. The minimum absolute atomic E-state index is 0.169. The van der Waals surface area contributed by atoms with E-state index in [0.717, 1.165) is 11.0 Å². The number of pyridine rings is 1. The Morgan fingerprint density at radius 1 is 1.43 bits per heavy atom. The number of carboxylic acid groups (broad SMARTS) is 1. The second-order valence-corrected chi connectivity index (χ2v) is 5.24. The lowest BCUT2D eigenvalue weighted by Crippen LogP contribution is -2.24. The second-order valence-electron chi connectivity index (χ2n) is 4.46. The highest BCUT2D eigenvalue weighted by atomic mass is 35.5. The van der Waals surface area contributed by atoms with Gasteiger partial charge in [0.25, 0.3) is 0 Å². The molecular weight excluding hydrogens is 320 g/mol. The molecule has 0 unspecified atom stereocenters. The van der Waals surface area contributed by atoms with Crippen molar-refractivity contribution in [3.63, 3.8) is 0 Å². The fourth-order valence-electron chi connectivity index (χ4n) is 2.21. The molecule has 2 aromatic heterocycles. The smallest absolute Gasteiger partial charge is 0.411 e. The van der Waals surface area contributed by atoms with Gasteiger partial charge in [0.1, 0.15) is 11.5 Å². The molecule has 3 rings (SSSR count). The molecule has 0 spiro atoms. The van der Waals surface area contributed by atoms with Crippen LogP contribution >= 0.6 is 23.2 Å². The van der Waals surface area contributed by atoms with E-state index >= 15 is 0 Å². The Labute approximate surface area is 127 Å². The quantitative estimate of drug-likeness (QED) is 0.701. The van der Waals surface area contributed by atoms with Crippen LogP contribution in [-0.4, -0.2) is 28.2 Å². The Morgan fingerprint density at radius 3 is 2.81 bits per heavy atom. The number of aromatic nitrogens is 2. The van der Waals surface area contributed by atoms with Crippen LogP contribution in [0.3, 0.4) is 0 Å². The number of amides is 1. The molecule has 0 saturated heterocycles. The Kier molecular flexibility index (Phi) is 3.15. The van der Waals surface area contributed by atoms with Crippen molar-refractivity contribution in [2.75, 3.05) is 11.9 Å². The maximum atomic E-state index is 13.8. The average molecular weight is 328 g/mol. The Morgan fingerprint density at radius 2 is 2.14 bits per heavy atom. The number of benzene rings is 1. The largest absolute Gasteiger partial charge is 0.465 e. The molecule has 0 radical (unpaired) electrons. The summed E-state index contributed by atoms with van der Waals surface area (Å²) in [6.45, 7) is 0. The molecule has 0 aliphatic rings. The average Bonchev–Trinajstić information content (AvgIpc) is 2.80. The molecular formula is C13H8Cl2FN3O2. The van der Waals surface area contributed by atoms with Crippen LogP contribution in [0.2, 0.25) is 10.0 Å². The van der Waals surface area contributed by atoms with Gasteiger partial charge in [-0.2, -0.15) is 0 Å². The van der Waals surface area contributed by atoms with Gasteiger partial charge in [0.05, 0.1) is 21.2 Å². The molecule has 0 atom stereocenters. The first-order chi connectivity index (χ1) is 9.90. The highest BCUT2D eigenvalue weighted by molar-refractivity contribution is 6.46. The lowest BCUT2D eigenvalue weighted by Gasteiger charge is -2.14. The van der Waals surface area contributed by atoms with E-state index in [2.05, 4.69) is 9.97 Å². The van der Waals surface area contributed by atoms with E-state index < -0.39 is 11.9 Å². The summed E-state index contributed by atoms with van der Waals surface area (Å²) in [5, 5.41) is 10.4. The lowest BCUT2D eigenvalue weighted by molar-refractivity contribution is 0.203. The summed E-state index contributed by atoms with van der Waals surface area (Å²) < 4.78 is 13.8. The maximum absolute atomic E-state index is 13.8. The molecule has 5 nitrogen and oxygen atoms in total. The van der Waals surface area contributed by atoms with E-state index in [1.54, 1.807) is 0 Å². The Hall–Kier alpha value is -2.05. The van der Waals surface area contributed by atoms with Crippen molar-refractivity contribution in [3.8, 4) is 0 Å². The van der Waals surface area contributed by atoms with E-state index in [1.807, 2.05) is 0 Å². The number of hydrogen-bond acceptors (Lipinski definition) is 2. The Balaban J connectivity index is 2.47. The van der Waals surface area contributed by atoms with Crippen LogP contribution in [0.1, 0.15) is 0 Å². The number of rotatable bonds is 1. The summed E-state index contributed by atoms with van der Waals surface area (Å²) in [4.78, 5) is 19.1. The van der Waals surface area contributed by atoms with Crippen LogP contribution in [0.15, 0.2) is 18.3 Å². The fraction of sp³-hybridized carbons (Fsp3) is 0.0769. The topological polar surface area (TPSA) is 69.2 Å². The van der Waals surface area contributed by atoms with Crippen LogP contribution in [0.5, 0.6) is 0 Å². The molecule has 0 bridgehead atoms. The molecule has 1 amide bonds. The van der Waals surface area contributed by atoms with Gasteiger partial charge in [0, 0.05) is 24.0 Å². The minimum Gasteiger partial charge on any atom is -0.465 e. The Bertz CT molecular complexity index is 894. The first-order valence-corrected chi connectivity index (χ1v) is 6.57. The number of nitrogens with one attached hydrogen (secondary N) is 1. The summed E-state index contributed by atoms with van der Waals surface area (Å²) in [6, 6.07) is 2.39. The third kappa shape index (κ3) is 2.07. The van der Waals surface area contributed by atoms with Crippen LogP contribution in [0, 0.1) is 5.82 Å². The van der Waals surface area contributed by atoms with Crippen molar-refractivity contribution < 1.29 is 14.3 Å². The number of aromatic amines is 1. The monoisotopic (exact) mass is 327 g/mol. The van der Waals surface area contributed by atoms with Crippen LogP contribution in [0.4, 0.5) is 14.9 Å². The minimum atomic E-state index is -1.21. The normalized spacial score (nSPS) is 11.2. The molecule has 2 N–H and O–H groups in total. The zero-order valence-corrected chi connectivity index (χ0v) is 12.1. The number of fused-ring (bicyclic) bond motifs is 3. The molecule has 21 heavy (non-hydrogen) atoms.